The van der Waals surface area contributed by atoms with Crippen LogP contribution in [0.25, 0.3) is 6.08 Å². The Morgan fingerprint density at radius 3 is 2.43 bits per heavy atom. The molecule has 0 radical (unpaired) electrons. The molecule has 0 aliphatic heterocycles. The summed E-state index contributed by atoms with van der Waals surface area (Å²) in [5, 5.41) is 25.7. The van der Waals surface area contributed by atoms with E-state index in [9.17, 15) is 0 Å². The molecule has 66 valence electrons. The maximum atomic E-state index is 8.69. The molecule has 14 heavy (non-hydrogen) atoms. The highest BCUT2D eigenvalue weighted by Gasteiger charge is 2.03. The van der Waals surface area contributed by atoms with E-state index in [1.807, 2.05) is 13.0 Å². The predicted molar refractivity (Wildman–Crippen MR) is 53.0 cm³/mol. The number of rotatable bonds is 1. The Hall–Kier alpha value is -2.09. The Morgan fingerprint density at radius 2 is 2.00 bits per heavy atom. The van der Waals surface area contributed by atoms with Gasteiger partial charge in [0.25, 0.3) is 0 Å². The summed E-state index contributed by atoms with van der Waals surface area (Å²) in [5.74, 6) is 0. The first-order valence-corrected chi connectivity index (χ1v) is 4.55. The summed E-state index contributed by atoms with van der Waals surface area (Å²) in [7, 11) is 0. The fourth-order valence-electron chi connectivity index (χ4n) is 0.919. The van der Waals surface area contributed by atoms with Crippen LogP contribution in [0.15, 0.2) is 11.6 Å². The molecule has 0 fully saturated rings. The lowest BCUT2D eigenvalue weighted by Crippen LogP contribution is -1.70. The molecular weight excluding hydrogens is 194 g/mol. The van der Waals surface area contributed by atoms with Gasteiger partial charge in [-0.1, -0.05) is 0 Å². The van der Waals surface area contributed by atoms with E-state index in [0.29, 0.717) is 5.56 Å². The molecule has 1 aromatic rings. The number of nitrogens with zero attached hydrogens (tertiary/aromatic N) is 3. The Balaban J connectivity index is 3.14. The van der Waals surface area contributed by atoms with Gasteiger partial charge in [0, 0.05) is 9.75 Å². The first kappa shape index (κ1) is 9.99. The SMILES string of the molecule is Cc1sc(C=C(C#N)C#N)cc1C#N. The van der Waals surface area contributed by atoms with Gasteiger partial charge in [-0.2, -0.15) is 15.8 Å². The molecule has 0 aliphatic carbocycles. The molecule has 4 heteroatoms. The van der Waals surface area contributed by atoms with E-state index in [-0.39, 0.29) is 5.57 Å². The molecule has 0 amide bonds. The highest BCUT2D eigenvalue weighted by Crippen LogP contribution is 2.22. The van der Waals surface area contributed by atoms with Crippen LogP contribution in [0.4, 0.5) is 0 Å². The van der Waals surface area contributed by atoms with Crippen molar-refractivity contribution in [2.45, 2.75) is 6.92 Å². The van der Waals surface area contributed by atoms with Crippen molar-refractivity contribution in [3.05, 3.63) is 27.0 Å². The minimum absolute atomic E-state index is 0.0516. The van der Waals surface area contributed by atoms with E-state index in [1.165, 1.54) is 17.4 Å². The molecule has 0 aromatic carbocycles. The molecule has 0 spiro atoms. The van der Waals surface area contributed by atoms with Crippen molar-refractivity contribution in [2.75, 3.05) is 0 Å². The summed E-state index contributed by atoms with van der Waals surface area (Å²) in [4.78, 5) is 1.66. The topological polar surface area (TPSA) is 71.4 Å². The maximum Gasteiger partial charge on any atom is 0.131 e. The van der Waals surface area contributed by atoms with Crippen LogP contribution in [0.1, 0.15) is 15.3 Å². The fourth-order valence-corrected chi connectivity index (χ4v) is 1.84. The van der Waals surface area contributed by atoms with Gasteiger partial charge >= 0.3 is 0 Å². The van der Waals surface area contributed by atoms with Crippen LogP contribution in [-0.4, -0.2) is 0 Å². The molecule has 0 aliphatic rings. The maximum absolute atomic E-state index is 8.69. The molecule has 1 rings (SSSR count). The third-order valence-electron chi connectivity index (χ3n) is 1.58. The van der Waals surface area contributed by atoms with Crippen molar-refractivity contribution in [3.63, 3.8) is 0 Å². The van der Waals surface area contributed by atoms with Crippen molar-refractivity contribution in [2.24, 2.45) is 0 Å². The van der Waals surface area contributed by atoms with Gasteiger partial charge in [0.2, 0.25) is 0 Å². The van der Waals surface area contributed by atoms with E-state index >= 15 is 0 Å². The Kier molecular flexibility index (Phi) is 3.02. The molecule has 0 atom stereocenters. The number of aryl methyl sites for hydroxylation is 1. The van der Waals surface area contributed by atoms with E-state index in [2.05, 4.69) is 0 Å². The summed E-state index contributed by atoms with van der Waals surface area (Å²) >= 11 is 1.40. The number of hydrogen-bond acceptors (Lipinski definition) is 4. The number of thiophene rings is 1. The van der Waals surface area contributed by atoms with Crippen molar-refractivity contribution in [1.82, 2.24) is 0 Å². The first-order chi connectivity index (χ1) is 6.71. The Labute approximate surface area is 85.7 Å². The summed E-state index contributed by atoms with van der Waals surface area (Å²) in [6.07, 6.45) is 1.48. The molecule has 0 bridgehead atoms. The largest absolute Gasteiger partial charge is 0.192 e. The normalized spacial score (nSPS) is 8.14. The van der Waals surface area contributed by atoms with Crippen molar-refractivity contribution in [3.8, 4) is 18.2 Å². The van der Waals surface area contributed by atoms with Crippen molar-refractivity contribution >= 4 is 17.4 Å². The summed E-state index contributed by atoms with van der Waals surface area (Å²) < 4.78 is 0. The van der Waals surface area contributed by atoms with Crippen LogP contribution in [-0.2, 0) is 0 Å². The number of allylic oxidation sites excluding steroid dienone is 1. The van der Waals surface area contributed by atoms with Crippen LogP contribution in [0.5, 0.6) is 0 Å². The highest BCUT2D eigenvalue weighted by atomic mass is 32.1. The van der Waals surface area contributed by atoms with Gasteiger partial charge in [-0.15, -0.1) is 11.3 Å². The zero-order valence-electron chi connectivity index (χ0n) is 7.40. The second-order valence-electron chi connectivity index (χ2n) is 2.51. The molecule has 0 N–H and O–H groups in total. The van der Waals surface area contributed by atoms with Crippen molar-refractivity contribution < 1.29 is 0 Å². The smallest absolute Gasteiger partial charge is 0.131 e. The number of nitriles is 3. The summed E-state index contributed by atoms with van der Waals surface area (Å²) in [6.45, 7) is 1.83. The second kappa shape index (κ2) is 4.23. The summed E-state index contributed by atoms with van der Waals surface area (Å²) in [5.41, 5.74) is 0.646. The zero-order valence-corrected chi connectivity index (χ0v) is 8.22. The molecular formula is C10H5N3S. The molecule has 0 saturated heterocycles. The van der Waals surface area contributed by atoms with Gasteiger partial charge in [-0.3, -0.25) is 0 Å². The third kappa shape index (κ3) is 1.98. The average Bonchev–Trinajstić information content (AvgIpc) is 2.55. The molecule has 0 unspecified atom stereocenters. The van der Waals surface area contributed by atoms with Crippen molar-refractivity contribution in [1.29, 1.82) is 15.8 Å². The Morgan fingerprint density at radius 1 is 1.36 bits per heavy atom. The van der Waals surface area contributed by atoms with Gasteiger partial charge < -0.3 is 0 Å². The lowest BCUT2D eigenvalue weighted by atomic mass is 10.2. The fraction of sp³-hybridized carbons (Fsp3) is 0.100. The van der Waals surface area contributed by atoms with Crippen LogP contribution < -0.4 is 0 Å². The van der Waals surface area contributed by atoms with Crippen LogP contribution in [0.3, 0.4) is 0 Å². The standard InChI is InChI=1S/C10H5N3S/c1-7-9(6-13)3-10(14-7)2-8(4-11)5-12/h2-3H,1H3. The highest BCUT2D eigenvalue weighted by molar-refractivity contribution is 7.13. The lowest BCUT2D eigenvalue weighted by Gasteiger charge is -1.81. The first-order valence-electron chi connectivity index (χ1n) is 3.73. The van der Waals surface area contributed by atoms with Gasteiger partial charge in [-0.05, 0) is 19.1 Å². The molecule has 0 saturated carbocycles. The van der Waals surface area contributed by atoms with E-state index in [4.69, 9.17) is 15.8 Å². The predicted octanol–water partition coefficient (Wildman–Crippen LogP) is 2.36. The second-order valence-corrected chi connectivity index (χ2v) is 3.80. The van der Waals surface area contributed by atoms with Crippen LogP contribution in [0, 0.1) is 40.9 Å². The van der Waals surface area contributed by atoms with Gasteiger partial charge in [0.05, 0.1) is 5.56 Å². The van der Waals surface area contributed by atoms with E-state index in [0.717, 1.165) is 9.75 Å². The zero-order chi connectivity index (χ0) is 10.6. The van der Waals surface area contributed by atoms with E-state index < -0.39 is 0 Å². The summed E-state index contributed by atoms with van der Waals surface area (Å²) in [6, 6.07) is 7.26. The lowest BCUT2D eigenvalue weighted by molar-refractivity contribution is 1.47. The van der Waals surface area contributed by atoms with Gasteiger partial charge in [0.1, 0.15) is 23.8 Å². The Bertz CT molecular complexity index is 487. The van der Waals surface area contributed by atoms with E-state index in [1.54, 1.807) is 18.2 Å². The average molecular weight is 199 g/mol. The van der Waals surface area contributed by atoms with Crippen LogP contribution >= 0.6 is 11.3 Å². The van der Waals surface area contributed by atoms with Gasteiger partial charge in [0.15, 0.2) is 0 Å². The molecule has 3 nitrogen and oxygen atoms in total. The molecule has 1 aromatic heterocycles. The van der Waals surface area contributed by atoms with Crippen LogP contribution in [0.2, 0.25) is 0 Å². The molecule has 1 heterocycles. The van der Waals surface area contributed by atoms with Gasteiger partial charge in [-0.25, -0.2) is 0 Å². The monoisotopic (exact) mass is 199 g/mol. The third-order valence-corrected chi connectivity index (χ3v) is 2.58. The minimum atomic E-state index is 0.0516. The minimum Gasteiger partial charge on any atom is -0.192 e. The number of hydrogen-bond donors (Lipinski definition) is 0. The quantitative estimate of drug-likeness (QED) is 0.652.